The third-order valence-electron chi connectivity index (χ3n) is 2.63. The smallest absolute Gasteiger partial charge is 0.235 e. The highest BCUT2D eigenvalue weighted by molar-refractivity contribution is 5.68. The van der Waals surface area contributed by atoms with E-state index in [9.17, 15) is 4.79 Å². The van der Waals surface area contributed by atoms with Crippen LogP contribution in [0.3, 0.4) is 0 Å². The van der Waals surface area contributed by atoms with Crippen LogP contribution < -0.4 is 0 Å². The lowest BCUT2D eigenvalue weighted by atomic mass is 9.97. The summed E-state index contributed by atoms with van der Waals surface area (Å²) in [5, 5.41) is 3.56. The number of likely N-dealkylation sites (tertiary alicyclic amines) is 1. The Labute approximate surface area is 82.1 Å². The fourth-order valence-electron chi connectivity index (χ4n) is 1.72. The number of hydrogen-bond acceptors (Lipinski definition) is 5. The zero-order valence-corrected chi connectivity index (χ0v) is 8.14. The maximum absolute atomic E-state index is 10.4. The molecular weight excluding hydrogens is 182 g/mol. The molecule has 2 heterocycles. The molecule has 76 valence electrons. The molecule has 1 aromatic heterocycles. The number of carbonyl (C=O) groups is 1. The minimum absolute atomic E-state index is 0.152. The molecular formula is C9H13N3O2. The Morgan fingerprint density at radius 2 is 2.21 bits per heavy atom. The summed E-state index contributed by atoms with van der Waals surface area (Å²) >= 11 is 0. The van der Waals surface area contributed by atoms with E-state index >= 15 is 0 Å². The van der Waals surface area contributed by atoms with E-state index in [1.165, 1.54) is 0 Å². The minimum Gasteiger partial charge on any atom is -0.339 e. The Balaban J connectivity index is 2.04. The zero-order valence-electron chi connectivity index (χ0n) is 8.14. The molecule has 14 heavy (non-hydrogen) atoms. The quantitative estimate of drug-likeness (QED) is 0.650. The molecule has 2 rings (SSSR count). The summed E-state index contributed by atoms with van der Waals surface area (Å²) in [5.41, 5.74) is 0. The summed E-state index contributed by atoms with van der Waals surface area (Å²) in [6, 6.07) is 0. The van der Waals surface area contributed by atoms with Crippen molar-refractivity contribution in [2.75, 3.05) is 20.1 Å². The van der Waals surface area contributed by atoms with E-state index in [0.717, 1.165) is 25.9 Å². The van der Waals surface area contributed by atoms with E-state index in [2.05, 4.69) is 22.1 Å². The second-order valence-electron chi connectivity index (χ2n) is 3.69. The topological polar surface area (TPSA) is 59.2 Å². The Kier molecular flexibility index (Phi) is 2.58. The number of aldehydes is 1. The van der Waals surface area contributed by atoms with Crippen LogP contribution in [0.1, 0.15) is 35.3 Å². The largest absolute Gasteiger partial charge is 0.339 e. The molecule has 1 aromatic rings. The summed E-state index contributed by atoms with van der Waals surface area (Å²) in [4.78, 5) is 16.6. The molecule has 0 saturated carbocycles. The van der Waals surface area contributed by atoms with Crippen molar-refractivity contribution in [3.05, 3.63) is 11.7 Å². The maximum atomic E-state index is 10.4. The number of aromatic nitrogens is 2. The van der Waals surface area contributed by atoms with Crippen LogP contribution in [0.2, 0.25) is 0 Å². The number of piperidine rings is 1. The zero-order chi connectivity index (χ0) is 9.97. The molecule has 0 bridgehead atoms. The van der Waals surface area contributed by atoms with Gasteiger partial charge in [0.25, 0.3) is 0 Å². The van der Waals surface area contributed by atoms with Gasteiger partial charge in [-0.15, -0.1) is 0 Å². The summed E-state index contributed by atoms with van der Waals surface area (Å²) in [7, 11) is 2.10. The van der Waals surface area contributed by atoms with Gasteiger partial charge in [0.2, 0.25) is 11.7 Å². The number of carbonyl (C=O) groups excluding carboxylic acids is 1. The van der Waals surface area contributed by atoms with Crippen molar-refractivity contribution < 1.29 is 9.32 Å². The molecule has 0 aliphatic carbocycles. The highest BCUT2D eigenvalue weighted by Crippen LogP contribution is 2.25. The highest BCUT2D eigenvalue weighted by Gasteiger charge is 2.23. The van der Waals surface area contributed by atoms with E-state index in [-0.39, 0.29) is 5.82 Å². The van der Waals surface area contributed by atoms with Crippen LogP contribution >= 0.6 is 0 Å². The molecule has 1 fully saturated rings. The van der Waals surface area contributed by atoms with Crippen LogP contribution in [0, 0.1) is 0 Å². The molecule has 0 amide bonds. The first-order valence-corrected chi connectivity index (χ1v) is 4.77. The Hall–Kier alpha value is -1.23. The molecule has 0 atom stereocenters. The van der Waals surface area contributed by atoms with Crippen molar-refractivity contribution >= 4 is 6.29 Å². The molecule has 5 heteroatoms. The molecule has 0 N–H and O–H groups in total. The summed E-state index contributed by atoms with van der Waals surface area (Å²) in [5.74, 6) is 1.09. The van der Waals surface area contributed by atoms with E-state index in [1.807, 2.05) is 0 Å². The van der Waals surface area contributed by atoms with Crippen molar-refractivity contribution in [1.82, 2.24) is 15.0 Å². The van der Waals surface area contributed by atoms with E-state index < -0.39 is 0 Å². The van der Waals surface area contributed by atoms with E-state index in [4.69, 9.17) is 4.52 Å². The third-order valence-corrected chi connectivity index (χ3v) is 2.63. The number of rotatable bonds is 2. The first kappa shape index (κ1) is 9.33. The van der Waals surface area contributed by atoms with Gasteiger partial charge in [-0.3, -0.25) is 4.79 Å². The van der Waals surface area contributed by atoms with Gasteiger partial charge in [-0.1, -0.05) is 5.16 Å². The van der Waals surface area contributed by atoms with Gasteiger partial charge >= 0.3 is 0 Å². The van der Waals surface area contributed by atoms with Gasteiger partial charge in [0.05, 0.1) is 0 Å². The Morgan fingerprint density at radius 3 is 2.79 bits per heavy atom. The van der Waals surface area contributed by atoms with Gasteiger partial charge in [-0.25, -0.2) is 0 Å². The SMILES string of the molecule is CN1CCC(c2nc(C=O)no2)CC1. The Bertz CT molecular complexity index is 316. The standard InChI is InChI=1S/C9H13N3O2/c1-12-4-2-7(3-5-12)9-10-8(6-13)11-14-9/h6-7H,2-5H2,1H3. The van der Waals surface area contributed by atoms with Gasteiger partial charge in [0.1, 0.15) is 0 Å². The average molecular weight is 195 g/mol. The fraction of sp³-hybridized carbons (Fsp3) is 0.667. The third kappa shape index (κ3) is 1.82. The average Bonchev–Trinajstić information content (AvgIpc) is 2.67. The molecule has 1 aliphatic rings. The Morgan fingerprint density at radius 1 is 1.50 bits per heavy atom. The van der Waals surface area contributed by atoms with Crippen LogP contribution in [0.4, 0.5) is 0 Å². The second kappa shape index (κ2) is 3.88. The van der Waals surface area contributed by atoms with Gasteiger partial charge in [0.15, 0.2) is 6.29 Å². The highest BCUT2D eigenvalue weighted by atomic mass is 16.5. The van der Waals surface area contributed by atoms with Crippen molar-refractivity contribution in [2.24, 2.45) is 0 Å². The van der Waals surface area contributed by atoms with Crippen molar-refractivity contribution in [1.29, 1.82) is 0 Å². The number of nitrogens with zero attached hydrogens (tertiary/aromatic N) is 3. The molecule has 0 unspecified atom stereocenters. The molecule has 1 aliphatic heterocycles. The van der Waals surface area contributed by atoms with Gasteiger partial charge in [-0.2, -0.15) is 4.98 Å². The van der Waals surface area contributed by atoms with Crippen LogP contribution in [-0.2, 0) is 0 Å². The lowest BCUT2D eigenvalue weighted by Gasteiger charge is -2.26. The van der Waals surface area contributed by atoms with Crippen LogP contribution in [0.25, 0.3) is 0 Å². The predicted octanol–water partition coefficient (Wildman–Crippen LogP) is 0.691. The predicted molar refractivity (Wildman–Crippen MR) is 49.2 cm³/mol. The molecule has 0 aromatic carbocycles. The van der Waals surface area contributed by atoms with E-state index in [1.54, 1.807) is 0 Å². The van der Waals surface area contributed by atoms with Crippen molar-refractivity contribution in [2.45, 2.75) is 18.8 Å². The summed E-state index contributed by atoms with van der Waals surface area (Å²) in [6.07, 6.45) is 2.66. The summed E-state index contributed by atoms with van der Waals surface area (Å²) < 4.78 is 5.02. The van der Waals surface area contributed by atoms with Crippen LogP contribution in [0.15, 0.2) is 4.52 Å². The van der Waals surface area contributed by atoms with E-state index in [0.29, 0.717) is 18.1 Å². The molecule has 0 spiro atoms. The van der Waals surface area contributed by atoms with Crippen LogP contribution in [-0.4, -0.2) is 41.5 Å². The second-order valence-corrected chi connectivity index (χ2v) is 3.69. The molecule has 0 radical (unpaired) electrons. The molecule has 5 nitrogen and oxygen atoms in total. The maximum Gasteiger partial charge on any atom is 0.235 e. The normalized spacial score (nSPS) is 19.8. The number of hydrogen-bond donors (Lipinski definition) is 0. The van der Waals surface area contributed by atoms with Crippen molar-refractivity contribution in [3.8, 4) is 0 Å². The molecule has 1 saturated heterocycles. The minimum atomic E-state index is 0.152. The summed E-state index contributed by atoms with van der Waals surface area (Å²) in [6.45, 7) is 2.09. The monoisotopic (exact) mass is 195 g/mol. The van der Waals surface area contributed by atoms with Crippen molar-refractivity contribution in [3.63, 3.8) is 0 Å². The fourth-order valence-corrected chi connectivity index (χ4v) is 1.72. The van der Waals surface area contributed by atoms with Gasteiger partial charge in [-0.05, 0) is 33.0 Å². The first-order valence-electron chi connectivity index (χ1n) is 4.77. The van der Waals surface area contributed by atoms with Crippen LogP contribution in [0.5, 0.6) is 0 Å². The van der Waals surface area contributed by atoms with Gasteiger partial charge in [0, 0.05) is 5.92 Å². The first-order chi connectivity index (χ1) is 6.79. The lowest BCUT2D eigenvalue weighted by Crippen LogP contribution is -2.29. The lowest BCUT2D eigenvalue weighted by molar-refractivity contribution is 0.111. The van der Waals surface area contributed by atoms with Gasteiger partial charge < -0.3 is 9.42 Å².